The standard InChI is InChI=1S/C20H25N3O3S/c1-5-23(14(2)3)16-10-8-15(9-11-16)22-18(24)13-26-20(25)17-7-6-12-21-19(17)27-4/h6-12,14H,5,13H2,1-4H3,(H,22,24). The first-order valence-electron chi connectivity index (χ1n) is 8.79. The summed E-state index contributed by atoms with van der Waals surface area (Å²) < 4.78 is 5.10. The monoisotopic (exact) mass is 387 g/mol. The van der Waals surface area contributed by atoms with E-state index in [9.17, 15) is 9.59 Å². The topological polar surface area (TPSA) is 71.5 Å². The molecule has 1 amide bonds. The van der Waals surface area contributed by atoms with Crippen LogP contribution in [0, 0.1) is 0 Å². The number of nitrogens with zero attached hydrogens (tertiary/aromatic N) is 2. The molecule has 0 atom stereocenters. The molecule has 1 N–H and O–H groups in total. The summed E-state index contributed by atoms with van der Waals surface area (Å²) in [6.07, 6.45) is 3.44. The Bertz CT molecular complexity index is 778. The number of ether oxygens (including phenoxy) is 1. The molecule has 7 heteroatoms. The number of carbonyl (C=O) groups excluding carboxylic acids is 2. The Morgan fingerprint density at radius 1 is 1.22 bits per heavy atom. The van der Waals surface area contributed by atoms with E-state index in [1.54, 1.807) is 18.3 Å². The minimum atomic E-state index is -0.562. The maximum absolute atomic E-state index is 12.1. The van der Waals surface area contributed by atoms with Gasteiger partial charge in [-0.2, -0.15) is 0 Å². The van der Waals surface area contributed by atoms with E-state index in [4.69, 9.17) is 4.74 Å². The van der Waals surface area contributed by atoms with E-state index in [2.05, 4.69) is 36.0 Å². The Labute approximate surface area is 164 Å². The van der Waals surface area contributed by atoms with Crippen LogP contribution in [0.4, 0.5) is 11.4 Å². The fourth-order valence-corrected chi connectivity index (χ4v) is 3.23. The highest BCUT2D eigenvalue weighted by molar-refractivity contribution is 7.98. The van der Waals surface area contributed by atoms with Gasteiger partial charge in [0.2, 0.25) is 0 Å². The highest BCUT2D eigenvalue weighted by Crippen LogP contribution is 2.20. The quantitative estimate of drug-likeness (QED) is 0.548. The molecule has 0 unspecified atom stereocenters. The van der Waals surface area contributed by atoms with E-state index in [0.29, 0.717) is 22.3 Å². The van der Waals surface area contributed by atoms with Gasteiger partial charge in [0.1, 0.15) is 5.03 Å². The van der Waals surface area contributed by atoms with Crippen LogP contribution >= 0.6 is 11.8 Å². The highest BCUT2D eigenvalue weighted by Gasteiger charge is 2.15. The number of pyridine rings is 1. The van der Waals surface area contributed by atoms with Crippen LogP contribution in [-0.2, 0) is 9.53 Å². The summed E-state index contributed by atoms with van der Waals surface area (Å²) in [7, 11) is 0. The number of aromatic nitrogens is 1. The van der Waals surface area contributed by atoms with E-state index >= 15 is 0 Å². The van der Waals surface area contributed by atoms with Crippen molar-refractivity contribution in [2.24, 2.45) is 0 Å². The zero-order valence-electron chi connectivity index (χ0n) is 16.1. The molecule has 6 nitrogen and oxygen atoms in total. The lowest BCUT2D eigenvalue weighted by Gasteiger charge is -2.27. The lowest BCUT2D eigenvalue weighted by atomic mass is 10.2. The minimum absolute atomic E-state index is 0.351. The van der Waals surface area contributed by atoms with Gasteiger partial charge in [-0.1, -0.05) is 0 Å². The van der Waals surface area contributed by atoms with Crippen molar-refractivity contribution < 1.29 is 14.3 Å². The number of hydrogen-bond donors (Lipinski definition) is 1. The second-order valence-electron chi connectivity index (χ2n) is 6.11. The summed E-state index contributed by atoms with van der Waals surface area (Å²) in [5, 5.41) is 3.31. The lowest BCUT2D eigenvalue weighted by Crippen LogP contribution is -2.30. The number of esters is 1. The van der Waals surface area contributed by atoms with E-state index < -0.39 is 5.97 Å². The van der Waals surface area contributed by atoms with E-state index in [0.717, 1.165) is 12.2 Å². The first-order valence-corrected chi connectivity index (χ1v) is 10.0. The van der Waals surface area contributed by atoms with Crippen LogP contribution in [0.15, 0.2) is 47.6 Å². The van der Waals surface area contributed by atoms with Gasteiger partial charge in [0.05, 0.1) is 5.56 Å². The molecule has 0 bridgehead atoms. The summed E-state index contributed by atoms with van der Waals surface area (Å²) in [4.78, 5) is 30.6. The lowest BCUT2D eigenvalue weighted by molar-refractivity contribution is -0.119. The molecule has 0 saturated heterocycles. The number of nitrogens with one attached hydrogen (secondary N) is 1. The van der Waals surface area contributed by atoms with Crippen molar-refractivity contribution in [1.82, 2.24) is 4.98 Å². The molecule has 2 aromatic rings. The average Bonchev–Trinajstić information content (AvgIpc) is 2.67. The number of anilines is 2. The van der Waals surface area contributed by atoms with Crippen LogP contribution in [0.25, 0.3) is 0 Å². The number of amides is 1. The molecule has 0 spiro atoms. The second kappa shape index (κ2) is 9.97. The molecule has 0 aliphatic heterocycles. The summed E-state index contributed by atoms with van der Waals surface area (Å²) in [5.74, 6) is -0.949. The summed E-state index contributed by atoms with van der Waals surface area (Å²) in [5.41, 5.74) is 2.11. The molecule has 1 aromatic heterocycles. The molecule has 1 aromatic carbocycles. The fourth-order valence-electron chi connectivity index (χ4n) is 2.70. The van der Waals surface area contributed by atoms with Crippen molar-refractivity contribution in [3.8, 4) is 0 Å². The summed E-state index contributed by atoms with van der Waals surface area (Å²) >= 11 is 1.35. The number of hydrogen-bond acceptors (Lipinski definition) is 6. The van der Waals surface area contributed by atoms with Crippen molar-refractivity contribution in [3.63, 3.8) is 0 Å². The van der Waals surface area contributed by atoms with E-state index in [1.165, 1.54) is 11.8 Å². The summed E-state index contributed by atoms with van der Waals surface area (Å²) in [6, 6.07) is 11.3. The zero-order chi connectivity index (χ0) is 19.8. The molecular weight excluding hydrogens is 362 g/mol. The van der Waals surface area contributed by atoms with Crippen molar-refractivity contribution in [2.75, 3.05) is 29.6 Å². The molecule has 2 rings (SSSR count). The summed E-state index contributed by atoms with van der Waals surface area (Å²) in [6.45, 7) is 6.94. The van der Waals surface area contributed by atoms with Gasteiger partial charge < -0.3 is 15.0 Å². The number of benzene rings is 1. The smallest absolute Gasteiger partial charge is 0.341 e. The van der Waals surface area contributed by atoms with Crippen LogP contribution in [0.2, 0.25) is 0 Å². The van der Waals surface area contributed by atoms with Gasteiger partial charge in [0.15, 0.2) is 6.61 Å². The predicted octanol–water partition coefficient (Wildman–Crippen LogP) is 3.83. The van der Waals surface area contributed by atoms with Crippen LogP contribution in [0.1, 0.15) is 31.1 Å². The van der Waals surface area contributed by atoms with Crippen molar-refractivity contribution in [3.05, 3.63) is 48.2 Å². The number of thioether (sulfide) groups is 1. The molecule has 1 heterocycles. The van der Waals surface area contributed by atoms with Gasteiger partial charge in [-0.05, 0) is 63.4 Å². The third kappa shape index (κ3) is 5.72. The fraction of sp³-hybridized carbons (Fsp3) is 0.350. The molecule has 0 saturated carbocycles. The molecular formula is C20H25N3O3S. The number of carbonyl (C=O) groups is 2. The molecule has 144 valence electrons. The van der Waals surface area contributed by atoms with Gasteiger partial charge in [-0.15, -0.1) is 11.8 Å². The van der Waals surface area contributed by atoms with Gasteiger partial charge in [0, 0.05) is 30.2 Å². The Morgan fingerprint density at radius 2 is 1.93 bits per heavy atom. The Kier molecular flexibility index (Phi) is 7.67. The van der Waals surface area contributed by atoms with Crippen molar-refractivity contribution in [2.45, 2.75) is 31.8 Å². The molecule has 27 heavy (non-hydrogen) atoms. The molecule has 0 aliphatic carbocycles. The SMILES string of the molecule is CCN(c1ccc(NC(=O)COC(=O)c2cccnc2SC)cc1)C(C)C. The molecule has 0 fully saturated rings. The van der Waals surface area contributed by atoms with Crippen LogP contribution < -0.4 is 10.2 Å². The minimum Gasteiger partial charge on any atom is -0.452 e. The van der Waals surface area contributed by atoms with Crippen LogP contribution in [0.5, 0.6) is 0 Å². The third-order valence-corrected chi connectivity index (χ3v) is 4.68. The molecule has 0 aliphatic rings. The van der Waals surface area contributed by atoms with Crippen LogP contribution in [-0.4, -0.2) is 42.3 Å². The van der Waals surface area contributed by atoms with Gasteiger partial charge in [-0.25, -0.2) is 9.78 Å². The van der Waals surface area contributed by atoms with Crippen LogP contribution in [0.3, 0.4) is 0 Å². The van der Waals surface area contributed by atoms with Gasteiger partial charge in [0.25, 0.3) is 5.91 Å². The predicted molar refractivity (Wildman–Crippen MR) is 110 cm³/mol. The Hall–Kier alpha value is -2.54. The van der Waals surface area contributed by atoms with Gasteiger partial charge in [-0.3, -0.25) is 4.79 Å². The zero-order valence-corrected chi connectivity index (χ0v) is 16.9. The Morgan fingerprint density at radius 3 is 2.52 bits per heavy atom. The van der Waals surface area contributed by atoms with Gasteiger partial charge >= 0.3 is 5.97 Å². The second-order valence-corrected chi connectivity index (χ2v) is 6.91. The first kappa shape index (κ1) is 20.8. The largest absolute Gasteiger partial charge is 0.452 e. The Balaban J connectivity index is 1.91. The highest BCUT2D eigenvalue weighted by atomic mass is 32.2. The molecule has 0 radical (unpaired) electrons. The third-order valence-electron chi connectivity index (χ3n) is 3.97. The van der Waals surface area contributed by atoms with Crippen molar-refractivity contribution >= 4 is 35.0 Å². The maximum Gasteiger partial charge on any atom is 0.341 e. The van der Waals surface area contributed by atoms with E-state index in [-0.39, 0.29) is 12.5 Å². The van der Waals surface area contributed by atoms with Crippen molar-refractivity contribution in [1.29, 1.82) is 0 Å². The van der Waals surface area contributed by atoms with E-state index in [1.807, 2.05) is 30.5 Å². The maximum atomic E-state index is 12.1. The average molecular weight is 388 g/mol. The first-order chi connectivity index (χ1) is 13.0. The number of rotatable bonds is 8. The normalized spacial score (nSPS) is 10.6.